The summed E-state index contributed by atoms with van der Waals surface area (Å²) in [5, 5.41) is 11.5. The quantitative estimate of drug-likeness (QED) is 0.225. The van der Waals surface area contributed by atoms with Gasteiger partial charge in [-0.1, -0.05) is 26.0 Å². The number of carbonyl (C=O) groups is 2. The standard InChI is InChI=1S/C28H26N4O4/c1-4-36-22-10-9-18(15-19(22)16(2)3)25(33)23-24(17-11-13-29-14-12-17)32(27(35)26(23)34)28-30-20-7-5-6-8-21(20)31-28/h5-16,24,33H,4H2,1-3H3,(H,30,31)/b25-23+. The maximum absolute atomic E-state index is 13.4. The summed E-state index contributed by atoms with van der Waals surface area (Å²) >= 11 is 0. The summed E-state index contributed by atoms with van der Waals surface area (Å²) in [6.45, 7) is 6.47. The number of aliphatic hydroxyl groups excluding tert-OH is 1. The highest BCUT2D eigenvalue weighted by Gasteiger charge is 2.48. The van der Waals surface area contributed by atoms with Crippen LogP contribution in [0.4, 0.5) is 5.95 Å². The molecule has 182 valence electrons. The smallest absolute Gasteiger partial charge is 0.302 e. The van der Waals surface area contributed by atoms with Crippen LogP contribution >= 0.6 is 0 Å². The van der Waals surface area contributed by atoms with E-state index in [9.17, 15) is 14.7 Å². The second-order valence-corrected chi connectivity index (χ2v) is 8.87. The number of aromatic nitrogens is 3. The molecule has 2 aromatic carbocycles. The Bertz CT molecular complexity index is 1460. The number of carbonyl (C=O) groups excluding carboxylic acids is 2. The number of fused-ring (bicyclic) bond motifs is 1. The van der Waals surface area contributed by atoms with Crippen LogP contribution in [0.3, 0.4) is 0 Å². The van der Waals surface area contributed by atoms with E-state index in [-0.39, 0.29) is 23.2 Å². The van der Waals surface area contributed by atoms with Gasteiger partial charge in [-0.3, -0.25) is 19.5 Å². The number of hydrogen-bond donors (Lipinski definition) is 2. The van der Waals surface area contributed by atoms with Crippen molar-refractivity contribution in [3.8, 4) is 5.75 Å². The van der Waals surface area contributed by atoms with Crippen molar-refractivity contribution in [2.75, 3.05) is 11.5 Å². The molecule has 1 saturated heterocycles. The van der Waals surface area contributed by atoms with E-state index in [1.165, 1.54) is 4.90 Å². The van der Waals surface area contributed by atoms with Gasteiger partial charge in [-0.25, -0.2) is 4.98 Å². The van der Waals surface area contributed by atoms with E-state index in [4.69, 9.17) is 4.74 Å². The molecule has 1 aliphatic heterocycles. The SMILES string of the molecule is CCOc1ccc(/C(O)=C2\C(=O)C(=O)N(c3nc4ccccc4[nH]3)C2c2ccncc2)cc1C(C)C. The number of Topliss-reactive ketones (excluding diaryl/α,β-unsaturated/α-hetero) is 1. The number of hydrogen-bond acceptors (Lipinski definition) is 6. The first-order chi connectivity index (χ1) is 17.4. The van der Waals surface area contributed by atoms with Crippen LogP contribution < -0.4 is 9.64 Å². The number of imidazole rings is 1. The van der Waals surface area contributed by atoms with E-state index in [0.29, 0.717) is 23.3 Å². The molecule has 4 aromatic rings. The fraction of sp³-hybridized carbons (Fsp3) is 0.214. The van der Waals surface area contributed by atoms with Crippen LogP contribution in [0.15, 0.2) is 72.6 Å². The van der Waals surface area contributed by atoms with Crippen LogP contribution in [0.5, 0.6) is 5.75 Å². The van der Waals surface area contributed by atoms with Gasteiger partial charge in [0, 0.05) is 18.0 Å². The van der Waals surface area contributed by atoms with Crippen LogP contribution in [0.25, 0.3) is 16.8 Å². The Morgan fingerprint density at radius 3 is 2.56 bits per heavy atom. The van der Waals surface area contributed by atoms with Crippen LogP contribution in [-0.2, 0) is 9.59 Å². The number of ketones is 1. The fourth-order valence-corrected chi connectivity index (χ4v) is 4.55. The summed E-state index contributed by atoms with van der Waals surface area (Å²) in [7, 11) is 0. The van der Waals surface area contributed by atoms with Gasteiger partial charge in [-0.15, -0.1) is 0 Å². The van der Waals surface area contributed by atoms with Gasteiger partial charge in [-0.05, 0) is 66.4 Å². The van der Waals surface area contributed by atoms with Gasteiger partial charge >= 0.3 is 5.91 Å². The minimum Gasteiger partial charge on any atom is -0.507 e. The first-order valence-corrected chi connectivity index (χ1v) is 11.8. The third kappa shape index (κ3) is 3.90. The summed E-state index contributed by atoms with van der Waals surface area (Å²) < 4.78 is 5.74. The Balaban J connectivity index is 1.70. The largest absolute Gasteiger partial charge is 0.507 e. The Morgan fingerprint density at radius 2 is 1.86 bits per heavy atom. The molecule has 2 N–H and O–H groups in total. The van der Waals surface area contributed by atoms with Crippen LogP contribution in [-0.4, -0.2) is 38.4 Å². The highest BCUT2D eigenvalue weighted by Crippen LogP contribution is 2.42. The number of aliphatic hydroxyl groups is 1. The number of nitrogens with zero attached hydrogens (tertiary/aromatic N) is 3. The van der Waals surface area contributed by atoms with E-state index in [1.54, 1.807) is 36.7 Å². The second-order valence-electron chi connectivity index (χ2n) is 8.87. The molecule has 1 atom stereocenters. The lowest BCUT2D eigenvalue weighted by Gasteiger charge is -2.23. The topological polar surface area (TPSA) is 108 Å². The predicted octanol–water partition coefficient (Wildman–Crippen LogP) is 5.11. The summed E-state index contributed by atoms with van der Waals surface area (Å²) in [4.78, 5) is 39.8. The van der Waals surface area contributed by atoms with E-state index in [1.807, 2.05) is 51.1 Å². The molecule has 0 radical (unpaired) electrons. The van der Waals surface area contributed by atoms with Crippen molar-refractivity contribution in [3.05, 3.63) is 89.3 Å². The molecule has 3 heterocycles. The third-order valence-corrected chi connectivity index (χ3v) is 6.28. The Labute approximate surface area is 208 Å². The van der Waals surface area contributed by atoms with Gasteiger partial charge in [0.15, 0.2) is 0 Å². The Kier molecular flexibility index (Phi) is 6.01. The van der Waals surface area contributed by atoms with Gasteiger partial charge in [0.2, 0.25) is 5.95 Å². The van der Waals surface area contributed by atoms with Crippen LogP contribution in [0, 0.1) is 0 Å². The van der Waals surface area contributed by atoms with Gasteiger partial charge in [-0.2, -0.15) is 0 Å². The molecule has 36 heavy (non-hydrogen) atoms. The molecule has 0 aliphatic carbocycles. The molecule has 2 aromatic heterocycles. The zero-order chi connectivity index (χ0) is 25.4. The highest BCUT2D eigenvalue weighted by atomic mass is 16.5. The number of para-hydroxylation sites is 2. The van der Waals surface area contributed by atoms with Crippen molar-refractivity contribution in [2.24, 2.45) is 0 Å². The number of aromatic amines is 1. The van der Waals surface area contributed by atoms with Crippen LogP contribution in [0.2, 0.25) is 0 Å². The molecule has 1 aliphatic rings. The molecule has 0 spiro atoms. The average molecular weight is 483 g/mol. The van der Waals surface area contributed by atoms with E-state index >= 15 is 0 Å². The highest BCUT2D eigenvalue weighted by molar-refractivity contribution is 6.51. The number of ether oxygens (including phenoxy) is 1. The van der Waals surface area contributed by atoms with Gasteiger partial charge in [0.25, 0.3) is 5.78 Å². The number of anilines is 1. The number of amides is 1. The fourth-order valence-electron chi connectivity index (χ4n) is 4.55. The van der Waals surface area contributed by atoms with Crippen molar-refractivity contribution in [3.63, 3.8) is 0 Å². The first kappa shape index (κ1) is 23.3. The third-order valence-electron chi connectivity index (χ3n) is 6.28. The minimum absolute atomic E-state index is 0.00878. The molecule has 8 nitrogen and oxygen atoms in total. The summed E-state index contributed by atoms with van der Waals surface area (Å²) in [5.41, 5.74) is 3.34. The average Bonchev–Trinajstić information content (AvgIpc) is 3.43. The van der Waals surface area contributed by atoms with E-state index < -0.39 is 17.7 Å². The number of rotatable bonds is 6. The molecule has 1 unspecified atom stereocenters. The number of nitrogens with one attached hydrogen (secondary N) is 1. The van der Waals surface area contributed by atoms with Crippen molar-refractivity contribution in [2.45, 2.75) is 32.7 Å². The van der Waals surface area contributed by atoms with Gasteiger partial charge in [0.05, 0.1) is 29.3 Å². The molecular formula is C28H26N4O4. The Morgan fingerprint density at radius 1 is 1.11 bits per heavy atom. The summed E-state index contributed by atoms with van der Waals surface area (Å²) in [6.07, 6.45) is 3.17. The van der Waals surface area contributed by atoms with Gasteiger partial charge < -0.3 is 14.8 Å². The van der Waals surface area contributed by atoms with Crippen molar-refractivity contribution in [1.29, 1.82) is 0 Å². The lowest BCUT2D eigenvalue weighted by Crippen LogP contribution is -2.30. The van der Waals surface area contributed by atoms with E-state index in [2.05, 4.69) is 15.0 Å². The first-order valence-electron chi connectivity index (χ1n) is 11.8. The zero-order valence-electron chi connectivity index (χ0n) is 20.2. The minimum atomic E-state index is -0.886. The number of benzene rings is 2. The molecule has 0 saturated carbocycles. The predicted molar refractivity (Wildman–Crippen MR) is 137 cm³/mol. The number of H-pyrrole nitrogens is 1. The monoisotopic (exact) mass is 482 g/mol. The lowest BCUT2D eigenvalue weighted by atomic mass is 9.93. The maximum atomic E-state index is 13.4. The normalized spacial score (nSPS) is 17.3. The van der Waals surface area contributed by atoms with Gasteiger partial charge in [0.1, 0.15) is 11.5 Å². The van der Waals surface area contributed by atoms with Crippen LogP contribution in [0.1, 0.15) is 49.4 Å². The molecule has 0 bridgehead atoms. The lowest BCUT2D eigenvalue weighted by molar-refractivity contribution is -0.132. The summed E-state index contributed by atoms with van der Waals surface area (Å²) in [6, 6.07) is 15.2. The maximum Gasteiger partial charge on any atom is 0.302 e. The van der Waals surface area contributed by atoms with Crippen molar-refractivity contribution < 1.29 is 19.4 Å². The molecular weight excluding hydrogens is 456 g/mol. The Hall–Kier alpha value is -4.46. The molecule has 1 fully saturated rings. The summed E-state index contributed by atoms with van der Waals surface area (Å²) in [5.74, 6) is -0.736. The number of pyridine rings is 1. The van der Waals surface area contributed by atoms with Crippen molar-refractivity contribution in [1.82, 2.24) is 15.0 Å². The second kappa shape index (κ2) is 9.30. The molecule has 1 amide bonds. The molecule has 8 heteroatoms. The zero-order valence-corrected chi connectivity index (χ0v) is 20.2. The van der Waals surface area contributed by atoms with E-state index in [0.717, 1.165) is 16.8 Å². The molecule has 5 rings (SSSR count). The van der Waals surface area contributed by atoms with Crippen molar-refractivity contribution >= 4 is 34.4 Å².